The molecule has 0 aromatic heterocycles. The number of likely N-dealkylation sites (tertiary alicyclic amines) is 1. The maximum absolute atomic E-state index is 12.2. The van der Waals surface area contributed by atoms with Gasteiger partial charge in [0.1, 0.15) is 23.9 Å². The van der Waals surface area contributed by atoms with Crippen LogP contribution in [0.5, 0.6) is 0 Å². The van der Waals surface area contributed by atoms with Gasteiger partial charge in [0.05, 0.1) is 21.6 Å². The van der Waals surface area contributed by atoms with Crippen LogP contribution >= 0.6 is 178 Å². The fourth-order valence-electron chi connectivity index (χ4n) is 10.5. The number of carboxylic acid groups (broad SMARTS) is 3. The molecule has 0 aromatic carbocycles. The normalized spacial score (nSPS) is 15.9. The second-order valence-electron chi connectivity index (χ2n) is 40.0. The van der Waals surface area contributed by atoms with E-state index in [4.69, 9.17) is 27.4 Å². The number of carbonyl (C=O) groups is 12. The first-order chi connectivity index (χ1) is 63.2. The van der Waals surface area contributed by atoms with E-state index in [9.17, 15) is 67.7 Å². The number of carbonyl (C=O) groups excluding carboxylic acids is 9. The minimum Gasteiger partial charge on any atom is -0.857 e. The number of hydrogen-bond acceptors (Lipinski definition) is 31. The summed E-state index contributed by atoms with van der Waals surface area (Å²) in [6.07, 6.45) is 17.3. The molecule has 0 aliphatic carbocycles. The molecule has 6 amide bonds. The SMILES string of the molecule is CC(=O)CCC(=O)C(CS)NC(=O)CCC(N)C(C)C.CC(C)C(C)S.CC(C)C(CS)NC(=O)C(C)(C)S.CC(C)C(N)CS.CC(C)CCC(=O)C(CS)NC(=O)CCC(N)C(=O)O.CC(C)CCCCC(CCSSCC(NC(=O)C(C)(C)S)C(=O)O)SSCC(NC(=O)C(C)(C)C)C(=O)O.CC(C)CCCCC1CCSS1.CC(C)CS.CC(CS)C(=O)N1CCCC1C(C)C.C[O-]. The third-order valence-corrected chi connectivity index (χ3v) is 33.2. The van der Waals surface area contributed by atoms with Gasteiger partial charge in [0.15, 0.2) is 11.6 Å². The topological polar surface area (TPSA) is 430 Å². The van der Waals surface area contributed by atoms with Gasteiger partial charge in [-0.3, -0.25) is 43.2 Å². The molecule has 0 saturated carbocycles. The standard InChI is InChI=1S/C25H46N2O6S5.C14H26N2O3S.C13H24N2O4S.C11H21NOS.C10H20S2.C9H19NOS2.C5H13NS.C5H12S.C4H10S.CH3O/c1-16(2)10-8-9-11-17(38-37-15-19(21(30)31)26-22(32)24(3,4)5)12-13-35-36-14-18(20(28)29)27-23(33)25(6,7)34;1-9(2)11(15)5-7-14(19)16-12(8-20)13(18)6-4-10(3)17;1-8(2)3-5-11(16)10(7-20)15-12(17)6-4-9(14)13(18)19;1-8(2)10-5-4-6-12(10)11(13)9(3)7-14;1-9(2)5-3-4-6-10-7-8-11-12-10;1-6(2)7(5-12)10-8(11)9(3,4)13;1-4(2)5(6)3-7;1-4(2)5(3)6;1-4(2)3-5;1-2/h16-19,34H,8-15H2,1-7H3,(H,26,32)(H,27,33)(H,28,29)(H,30,31);9,11-12,20H,4-8,15H2,1-3H3,(H,16,19);8-10,20H,3-7,14H2,1-2H3,(H,15,17)(H,18,19);8-10,14H,4-7H2,1-3H3;9-10H,3-8H2,1-2H3;6-7,12-13H,5H2,1-4H3,(H,10,11);4-5,7H,3,6H2,1-2H3;4-6H,1-3H3;4-5H,3H2,1-2H3;1H3/q;;;;;;;;;-1. The van der Waals surface area contributed by atoms with Crippen molar-refractivity contribution in [2.45, 2.75) is 402 Å². The van der Waals surface area contributed by atoms with Crippen molar-refractivity contribution in [2.75, 3.05) is 71.2 Å². The lowest BCUT2D eigenvalue weighted by molar-refractivity contribution is -0.325. The van der Waals surface area contributed by atoms with Crippen LogP contribution in [0.2, 0.25) is 0 Å². The van der Waals surface area contributed by atoms with Gasteiger partial charge >= 0.3 is 17.9 Å². The molecule has 25 nitrogen and oxygen atoms in total. The van der Waals surface area contributed by atoms with Crippen LogP contribution in [0.15, 0.2) is 0 Å². The summed E-state index contributed by atoms with van der Waals surface area (Å²) < 4.78 is -1.57. The van der Waals surface area contributed by atoms with Gasteiger partial charge in [-0.15, -0.1) is 0 Å². The molecule has 137 heavy (non-hydrogen) atoms. The van der Waals surface area contributed by atoms with Crippen molar-refractivity contribution in [3.8, 4) is 0 Å². The van der Waals surface area contributed by atoms with E-state index in [-0.39, 0.29) is 120 Å². The highest BCUT2D eigenvalue weighted by Crippen LogP contribution is 2.40. The van der Waals surface area contributed by atoms with Gasteiger partial charge in [-0.25, -0.2) is 9.59 Å². The molecule has 2 heterocycles. The molecule has 13 atom stereocenters. The second kappa shape index (κ2) is 90.4. The number of nitrogens with zero attached hydrogens (tertiary/aromatic N) is 1. The molecular formula is C97H194N9O16S15-. The number of carboxylic acids is 3. The molecular weight excluding hydrogens is 2030 g/mol. The Kier molecular flexibility index (Phi) is 100. The zero-order valence-corrected chi connectivity index (χ0v) is 102. The number of nitrogens with one attached hydrogen (secondary N) is 5. The number of rotatable bonds is 56. The summed E-state index contributed by atoms with van der Waals surface area (Å²) in [5.41, 5.74) is 16.1. The summed E-state index contributed by atoms with van der Waals surface area (Å²) in [5, 5.41) is 51.0. The zero-order chi connectivity index (χ0) is 108. The van der Waals surface area contributed by atoms with Crippen molar-refractivity contribution in [2.24, 2.45) is 81.8 Å². The van der Waals surface area contributed by atoms with Crippen molar-refractivity contribution >= 4 is 249 Å². The highest BCUT2D eigenvalue weighted by Gasteiger charge is 2.35. The lowest BCUT2D eigenvalue weighted by atomic mass is 9.95. The van der Waals surface area contributed by atoms with Crippen molar-refractivity contribution in [1.82, 2.24) is 31.5 Å². The molecule has 14 N–H and O–H groups in total. The molecule has 13 unspecified atom stereocenters. The van der Waals surface area contributed by atoms with E-state index in [0.29, 0.717) is 88.7 Å². The van der Waals surface area contributed by atoms with Crippen LogP contribution in [0, 0.1) is 64.6 Å². The van der Waals surface area contributed by atoms with Crippen LogP contribution in [0.3, 0.4) is 0 Å². The number of thiol groups is 9. The van der Waals surface area contributed by atoms with E-state index in [1.807, 2.05) is 34.6 Å². The summed E-state index contributed by atoms with van der Waals surface area (Å²) in [7, 11) is 11.0. The van der Waals surface area contributed by atoms with Crippen molar-refractivity contribution in [1.29, 1.82) is 0 Å². The largest absolute Gasteiger partial charge is 0.857 e. The van der Waals surface area contributed by atoms with Crippen LogP contribution in [0.25, 0.3) is 0 Å². The Labute approximate surface area is 905 Å². The maximum Gasteiger partial charge on any atom is 0.327 e. The number of nitrogens with two attached hydrogens (primary N) is 3. The Hall–Kier alpha value is -0.670. The molecule has 2 rings (SSSR count). The molecule has 2 aliphatic heterocycles. The van der Waals surface area contributed by atoms with Crippen LogP contribution in [-0.4, -0.2) is 242 Å². The summed E-state index contributed by atoms with van der Waals surface area (Å²) in [6, 6.07) is -3.41. The fourth-order valence-corrected chi connectivity index (χ4v) is 20.7. The molecule has 0 spiro atoms. The molecule has 0 bridgehead atoms. The number of aliphatic carboxylic acids is 3. The van der Waals surface area contributed by atoms with E-state index in [1.54, 1.807) is 70.1 Å². The Morgan fingerprint density at radius 3 is 1.26 bits per heavy atom. The smallest absolute Gasteiger partial charge is 0.327 e. The number of Topliss-reactive ketones (excluding diaryl/α,β-unsaturated/α-hetero) is 3. The molecule has 0 aromatic rings. The maximum atomic E-state index is 12.2. The Balaban J connectivity index is -0.000000242. The quantitative estimate of drug-likeness (QED) is 0.0153. The van der Waals surface area contributed by atoms with Crippen molar-refractivity contribution in [3.05, 3.63) is 0 Å². The Morgan fingerprint density at radius 2 is 0.898 bits per heavy atom. The summed E-state index contributed by atoms with van der Waals surface area (Å²) in [4.78, 5) is 142. The van der Waals surface area contributed by atoms with Gasteiger partial charge < -0.3 is 73.9 Å². The third kappa shape index (κ3) is 91.3. The second-order valence-corrected chi connectivity index (χ2v) is 53.4. The number of ketones is 3. The van der Waals surface area contributed by atoms with Gasteiger partial charge in [-0.1, -0.05) is 263 Å². The summed E-state index contributed by atoms with van der Waals surface area (Å²) >= 11 is 37.1. The van der Waals surface area contributed by atoms with Gasteiger partial charge in [-0.2, -0.15) is 121 Å². The third-order valence-electron chi connectivity index (χ3n) is 20.9. The highest BCUT2D eigenvalue weighted by molar-refractivity contribution is 8.77. The van der Waals surface area contributed by atoms with Gasteiger partial charge in [-0.05, 0) is 151 Å². The van der Waals surface area contributed by atoms with Crippen LogP contribution in [0.4, 0.5) is 0 Å². The highest BCUT2D eigenvalue weighted by atomic mass is 33.1. The minimum atomic E-state index is -1.14. The number of hydrogen-bond donors (Lipinski definition) is 20. The van der Waals surface area contributed by atoms with E-state index in [2.05, 4.69) is 271 Å². The van der Waals surface area contributed by atoms with Crippen LogP contribution in [0.1, 0.15) is 322 Å². The average Bonchev–Trinajstić information content (AvgIpc) is 1.70. The minimum absolute atomic E-state index is 0.0186. The van der Waals surface area contributed by atoms with Crippen LogP contribution < -0.4 is 48.9 Å². The monoisotopic (exact) mass is 2220 g/mol. The van der Waals surface area contributed by atoms with Gasteiger partial charge in [0.2, 0.25) is 35.4 Å². The van der Waals surface area contributed by atoms with Gasteiger partial charge in [0.25, 0.3) is 0 Å². The van der Waals surface area contributed by atoms with Crippen molar-refractivity contribution < 1.29 is 78.0 Å². The lowest BCUT2D eigenvalue weighted by Crippen LogP contribution is -2.48. The first-order valence-corrected chi connectivity index (χ1v) is 61.0. The predicted octanol–water partition coefficient (Wildman–Crippen LogP) is 19.0. The first-order valence-electron chi connectivity index (χ1n) is 48.6. The zero-order valence-electron chi connectivity index (χ0n) is 88.9. The van der Waals surface area contributed by atoms with E-state index < -0.39 is 68.9 Å². The number of amides is 6. The molecule has 814 valence electrons. The molecule has 40 heteroatoms. The molecule has 2 aliphatic rings. The molecule has 2 fully saturated rings. The Bertz CT molecular complexity index is 3150. The fraction of sp³-hybridized carbons (Fsp3) is 0.876. The molecule has 0 radical (unpaired) electrons. The Morgan fingerprint density at radius 1 is 0.460 bits per heavy atom. The average molecular weight is 2220 g/mol. The molecule has 2 saturated heterocycles. The predicted molar refractivity (Wildman–Crippen MR) is 623 cm³/mol. The first kappa shape index (κ1) is 152. The lowest BCUT2D eigenvalue weighted by Gasteiger charge is -2.29. The van der Waals surface area contributed by atoms with E-state index >= 15 is 0 Å². The summed E-state index contributed by atoms with van der Waals surface area (Å²) in [5.74, 6) is 7.09. The summed E-state index contributed by atoms with van der Waals surface area (Å²) in [6.45, 7) is 56.9. The van der Waals surface area contributed by atoms with Gasteiger partial charge in [0, 0.05) is 142 Å². The van der Waals surface area contributed by atoms with Crippen molar-refractivity contribution in [3.63, 3.8) is 0 Å². The van der Waals surface area contributed by atoms with Crippen LogP contribution in [-0.2, 0) is 57.5 Å². The number of unbranched alkanes of at least 4 members (excludes halogenated alkanes) is 2. The van der Waals surface area contributed by atoms with E-state index in [1.165, 1.54) is 79.2 Å². The van der Waals surface area contributed by atoms with E-state index in [0.717, 1.165) is 86.5 Å².